The van der Waals surface area contributed by atoms with Crippen LogP contribution in [0.2, 0.25) is 0 Å². The first-order valence-corrected chi connectivity index (χ1v) is 8.93. The third-order valence-electron chi connectivity index (χ3n) is 3.69. The van der Waals surface area contributed by atoms with Gasteiger partial charge >= 0.3 is 12.2 Å². The third kappa shape index (κ3) is 7.17. The first-order valence-electron chi connectivity index (χ1n) is 8.93. The molecule has 0 saturated carbocycles. The lowest BCUT2D eigenvalue weighted by atomic mass is 10.1. The average Bonchev–Trinajstić information content (AvgIpc) is 2.78. The predicted octanol–water partition coefficient (Wildman–Crippen LogP) is 2.17. The molecule has 3 amide bonds. The second-order valence-electron chi connectivity index (χ2n) is 6.11. The number of nitriles is 1. The minimum Gasteiger partial charge on any atom is -0.339 e. The fourth-order valence-electron chi connectivity index (χ4n) is 2.24. The second-order valence-corrected chi connectivity index (χ2v) is 6.11. The smallest absolute Gasteiger partial charge is 0.339 e. The molecule has 0 bridgehead atoms. The van der Waals surface area contributed by atoms with E-state index in [2.05, 4.69) is 25.6 Å². The summed E-state index contributed by atoms with van der Waals surface area (Å²) in [6.07, 6.45) is 2.08. The van der Waals surface area contributed by atoms with E-state index in [-0.39, 0.29) is 12.6 Å². The SMILES string of the molecule is CC1=NNC(=O)N(/N=C/c2cccnc2)C1.N#CCNC(=O)c1cnccc1C(F)(F)F. The Hall–Kier alpha value is -4.34. The van der Waals surface area contributed by atoms with Crippen molar-refractivity contribution >= 4 is 23.9 Å². The molecule has 0 aliphatic carbocycles. The Morgan fingerprint density at radius 1 is 1.34 bits per heavy atom. The van der Waals surface area contributed by atoms with Crippen LogP contribution in [0.3, 0.4) is 0 Å². The van der Waals surface area contributed by atoms with Gasteiger partial charge in [0.25, 0.3) is 5.91 Å². The minimum absolute atomic E-state index is 0.328. The molecule has 1 aliphatic heterocycles. The number of carbonyl (C=O) groups is 2. The summed E-state index contributed by atoms with van der Waals surface area (Å²) < 4.78 is 37.4. The minimum atomic E-state index is -4.62. The van der Waals surface area contributed by atoms with Crippen LogP contribution >= 0.6 is 0 Å². The molecule has 1 aliphatic rings. The summed E-state index contributed by atoms with van der Waals surface area (Å²) in [6, 6.07) is 5.64. The Kier molecular flexibility index (Phi) is 8.35. The highest BCUT2D eigenvalue weighted by atomic mass is 19.4. The number of nitrogens with one attached hydrogen (secondary N) is 2. The van der Waals surface area contributed by atoms with Crippen molar-refractivity contribution in [3.63, 3.8) is 0 Å². The first-order chi connectivity index (χ1) is 15.2. The number of nitrogens with zero attached hydrogens (tertiary/aromatic N) is 6. The lowest BCUT2D eigenvalue weighted by molar-refractivity contribution is -0.138. The van der Waals surface area contributed by atoms with Gasteiger partial charge < -0.3 is 5.32 Å². The number of alkyl halides is 3. The molecule has 166 valence electrons. The highest BCUT2D eigenvalue weighted by Crippen LogP contribution is 2.31. The standard InChI is InChI=1S/C10H11N5O.C9H6F3N3O/c1-8-7-15(10(16)14-13-8)12-6-9-3-2-4-11-5-9;10-9(11,12)7-1-3-14-5-6(7)8(16)15-4-2-13/h2-6H,7H2,1H3,(H,14,16);1,3,5H,4H2,(H,15,16)/b12-6+;. The fraction of sp³-hybridized carbons (Fsp3) is 0.211. The number of amides is 3. The van der Waals surface area contributed by atoms with Crippen LogP contribution in [0.15, 0.2) is 53.2 Å². The normalized spacial score (nSPS) is 13.4. The topological polar surface area (TPSA) is 136 Å². The van der Waals surface area contributed by atoms with Gasteiger partial charge in [-0.3, -0.25) is 14.8 Å². The van der Waals surface area contributed by atoms with Crippen LogP contribution in [0.25, 0.3) is 0 Å². The summed E-state index contributed by atoms with van der Waals surface area (Å²) in [4.78, 5) is 30.0. The van der Waals surface area contributed by atoms with E-state index >= 15 is 0 Å². The number of carbonyl (C=O) groups excluding carboxylic acids is 2. The van der Waals surface area contributed by atoms with Gasteiger partial charge in [-0.1, -0.05) is 6.07 Å². The molecule has 0 saturated heterocycles. The summed E-state index contributed by atoms with van der Waals surface area (Å²) in [6.45, 7) is 1.87. The molecule has 32 heavy (non-hydrogen) atoms. The first kappa shape index (κ1) is 23.9. The van der Waals surface area contributed by atoms with Gasteiger partial charge in [0.05, 0.1) is 35.7 Å². The van der Waals surface area contributed by atoms with E-state index in [0.29, 0.717) is 12.6 Å². The van der Waals surface area contributed by atoms with E-state index in [1.807, 2.05) is 24.4 Å². The van der Waals surface area contributed by atoms with Crippen LogP contribution < -0.4 is 10.7 Å². The Morgan fingerprint density at radius 3 is 2.75 bits per heavy atom. The molecule has 0 aromatic carbocycles. The van der Waals surface area contributed by atoms with E-state index in [1.54, 1.807) is 24.7 Å². The third-order valence-corrected chi connectivity index (χ3v) is 3.69. The molecule has 2 aromatic rings. The van der Waals surface area contributed by atoms with Crippen LogP contribution in [0.4, 0.5) is 18.0 Å². The predicted molar refractivity (Wildman–Crippen MR) is 107 cm³/mol. The van der Waals surface area contributed by atoms with Gasteiger partial charge in [-0.15, -0.1) is 0 Å². The van der Waals surface area contributed by atoms with Crippen molar-refractivity contribution in [1.82, 2.24) is 25.7 Å². The summed E-state index contributed by atoms with van der Waals surface area (Å²) >= 11 is 0. The largest absolute Gasteiger partial charge is 0.417 e. The van der Waals surface area contributed by atoms with Crippen molar-refractivity contribution in [3.8, 4) is 6.07 Å². The van der Waals surface area contributed by atoms with Gasteiger partial charge in [0.15, 0.2) is 0 Å². The van der Waals surface area contributed by atoms with E-state index in [9.17, 15) is 22.8 Å². The zero-order valence-corrected chi connectivity index (χ0v) is 16.7. The van der Waals surface area contributed by atoms with E-state index in [0.717, 1.165) is 23.7 Å². The molecule has 3 heterocycles. The average molecular weight is 446 g/mol. The van der Waals surface area contributed by atoms with Crippen LogP contribution in [-0.2, 0) is 6.18 Å². The molecule has 0 radical (unpaired) electrons. The number of pyridine rings is 2. The van der Waals surface area contributed by atoms with Crippen molar-refractivity contribution in [1.29, 1.82) is 5.26 Å². The Morgan fingerprint density at radius 2 is 2.09 bits per heavy atom. The number of hydrogen-bond acceptors (Lipinski definition) is 7. The Balaban J connectivity index is 0.000000227. The summed E-state index contributed by atoms with van der Waals surface area (Å²) in [7, 11) is 0. The van der Waals surface area contributed by atoms with Gasteiger partial charge in [-0.2, -0.15) is 28.6 Å². The van der Waals surface area contributed by atoms with Crippen LogP contribution in [0, 0.1) is 11.3 Å². The van der Waals surface area contributed by atoms with Crippen LogP contribution in [0.5, 0.6) is 0 Å². The summed E-state index contributed by atoms with van der Waals surface area (Å²) in [5, 5.41) is 19.4. The zero-order valence-electron chi connectivity index (χ0n) is 16.7. The molecule has 0 fully saturated rings. The van der Waals surface area contributed by atoms with Crippen molar-refractivity contribution in [2.75, 3.05) is 13.1 Å². The number of rotatable bonds is 4. The Bertz CT molecular complexity index is 1050. The zero-order chi connectivity index (χ0) is 23.6. The molecule has 2 aromatic heterocycles. The summed E-state index contributed by atoms with van der Waals surface area (Å²) in [5.41, 5.74) is 2.35. The van der Waals surface area contributed by atoms with Gasteiger partial charge in [0.1, 0.15) is 6.54 Å². The maximum absolute atomic E-state index is 12.5. The molecular weight excluding hydrogens is 429 g/mol. The van der Waals surface area contributed by atoms with Crippen molar-refractivity contribution in [2.45, 2.75) is 13.1 Å². The van der Waals surface area contributed by atoms with E-state index < -0.39 is 23.2 Å². The maximum atomic E-state index is 12.5. The van der Waals surface area contributed by atoms with E-state index in [4.69, 9.17) is 5.26 Å². The number of urea groups is 1. The van der Waals surface area contributed by atoms with Crippen LogP contribution in [0.1, 0.15) is 28.4 Å². The number of aromatic nitrogens is 2. The lowest BCUT2D eigenvalue weighted by Crippen LogP contribution is -2.42. The quantitative estimate of drug-likeness (QED) is 0.548. The molecular formula is C19H17F3N8O2. The molecule has 13 heteroatoms. The van der Waals surface area contributed by atoms with Gasteiger partial charge in [-0.25, -0.2) is 15.2 Å². The van der Waals surface area contributed by atoms with Crippen molar-refractivity contribution in [3.05, 3.63) is 59.7 Å². The lowest BCUT2D eigenvalue weighted by Gasteiger charge is -2.20. The van der Waals surface area contributed by atoms with Gasteiger partial charge in [0.2, 0.25) is 0 Å². The molecule has 0 unspecified atom stereocenters. The molecule has 0 spiro atoms. The molecule has 10 nitrogen and oxygen atoms in total. The monoisotopic (exact) mass is 446 g/mol. The number of halogens is 3. The molecule has 3 rings (SSSR count). The van der Waals surface area contributed by atoms with Gasteiger partial charge in [0, 0.05) is 30.4 Å². The summed E-state index contributed by atoms with van der Waals surface area (Å²) in [5.74, 6) is -0.970. The maximum Gasteiger partial charge on any atom is 0.417 e. The second kappa shape index (κ2) is 11.2. The van der Waals surface area contributed by atoms with Crippen molar-refractivity contribution < 1.29 is 22.8 Å². The number of hydrazone groups is 2. The molecule has 2 N–H and O–H groups in total. The fourth-order valence-corrected chi connectivity index (χ4v) is 2.24. The van der Waals surface area contributed by atoms with Gasteiger partial charge in [-0.05, 0) is 19.1 Å². The Labute approximate surface area is 180 Å². The highest BCUT2D eigenvalue weighted by Gasteiger charge is 2.35. The number of hydrogen-bond donors (Lipinski definition) is 2. The molecule has 0 atom stereocenters. The van der Waals surface area contributed by atoms with E-state index in [1.165, 1.54) is 5.01 Å². The highest BCUT2D eigenvalue weighted by molar-refractivity contribution is 5.95. The van der Waals surface area contributed by atoms with Crippen molar-refractivity contribution in [2.24, 2.45) is 10.2 Å². The van der Waals surface area contributed by atoms with Crippen LogP contribution in [-0.4, -0.2) is 51.9 Å².